The summed E-state index contributed by atoms with van der Waals surface area (Å²) >= 11 is 9.06. The molecule has 0 saturated carbocycles. The number of aromatic nitrogens is 1. The number of halogens is 2. The zero-order valence-corrected chi connectivity index (χ0v) is 13.6. The molecule has 3 N–H and O–H groups in total. The lowest BCUT2D eigenvalue weighted by molar-refractivity contribution is -0.117. The number of nitrogens with one attached hydrogen (secondary N) is 1. The lowest BCUT2D eigenvalue weighted by Gasteiger charge is -2.12. The monoisotopic (exact) mass is 367 g/mol. The highest BCUT2D eigenvalue weighted by Gasteiger charge is 2.14. The fourth-order valence-electron chi connectivity index (χ4n) is 1.82. The maximum absolute atomic E-state index is 12.0. The van der Waals surface area contributed by atoms with Crippen molar-refractivity contribution in [2.24, 2.45) is 5.73 Å². The SMILES string of the molecule is NC(CCc1ccccc1)C(=O)Nc1cnc(Cl)c(Br)c1. The number of carbonyl (C=O) groups is 1. The largest absolute Gasteiger partial charge is 0.323 e. The highest BCUT2D eigenvalue weighted by molar-refractivity contribution is 9.10. The molecule has 0 aliphatic rings. The summed E-state index contributed by atoms with van der Waals surface area (Å²) in [7, 11) is 0. The van der Waals surface area contributed by atoms with E-state index in [0.717, 1.165) is 12.0 Å². The van der Waals surface area contributed by atoms with Crippen molar-refractivity contribution in [3.05, 3.63) is 57.8 Å². The maximum Gasteiger partial charge on any atom is 0.241 e. The predicted molar refractivity (Wildman–Crippen MR) is 88.3 cm³/mol. The van der Waals surface area contributed by atoms with E-state index in [4.69, 9.17) is 17.3 Å². The summed E-state index contributed by atoms with van der Waals surface area (Å²) in [6.45, 7) is 0. The number of carbonyl (C=O) groups excluding carboxylic acids is 1. The Bertz CT molecular complexity index is 622. The number of rotatable bonds is 5. The van der Waals surface area contributed by atoms with Crippen LogP contribution in [-0.2, 0) is 11.2 Å². The Balaban J connectivity index is 1.89. The van der Waals surface area contributed by atoms with E-state index >= 15 is 0 Å². The first-order chi connectivity index (χ1) is 10.1. The van der Waals surface area contributed by atoms with Crippen LogP contribution in [0.15, 0.2) is 47.1 Å². The minimum absolute atomic E-state index is 0.234. The molecule has 4 nitrogen and oxygen atoms in total. The first-order valence-corrected chi connectivity index (χ1v) is 7.65. The van der Waals surface area contributed by atoms with Crippen molar-refractivity contribution in [3.8, 4) is 0 Å². The van der Waals surface area contributed by atoms with Crippen LogP contribution < -0.4 is 11.1 Å². The number of nitrogens with zero attached hydrogens (tertiary/aromatic N) is 1. The van der Waals surface area contributed by atoms with Gasteiger partial charge >= 0.3 is 0 Å². The second kappa shape index (κ2) is 7.54. The molecule has 110 valence electrons. The Hall–Kier alpha value is -1.43. The molecular formula is C15H15BrClN3O. The summed E-state index contributed by atoms with van der Waals surface area (Å²) in [5, 5.41) is 3.08. The van der Waals surface area contributed by atoms with Crippen LogP contribution in [0.4, 0.5) is 5.69 Å². The summed E-state index contributed by atoms with van der Waals surface area (Å²) < 4.78 is 0.625. The number of hydrogen-bond acceptors (Lipinski definition) is 3. The molecule has 0 spiro atoms. The van der Waals surface area contributed by atoms with Crippen molar-refractivity contribution in [1.82, 2.24) is 4.98 Å². The third-order valence-electron chi connectivity index (χ3n) is 2.99. The molecule has 0 fully saturated rings. The van der Waals surface area contributed by atoms with Crippen LogP contribution in [0.5, 0.6) is 0 Å². The fraction of sp³-hybridized carbons (Fsp3) is 0.200. The van der Waals surface area contributed by atoms with Crippen molar-refractivity contribution < 1.29 is 4.79 Å². The van der Waals surface area contributed by atoms with Crippen LogP contribution in [0.1, 0.15) is 12.0 Å². The van der Waals surface area contributed by atoms with Gasteiger partial charge in [0, 0.05) is 0 Å². The lowest BCUT2D eigenvalue weighted by Crippen LogP contribution is -2.36. The van der Waals surface area contributed by atoms with Gasteiger partial charge in [0.25, 0.3) is 0 Å². The Morgan fingerprint density at radius 3 is 2.76 bits per heavy atom. The molecule has 0 aliphatic heterocycles. The van der Waals surface area contributed by atoms with E-state index in [1.54, 1.807) is 6.07 Å². The summed E-state index contributed by atoms with van der Waals surface area (Å²) in [6.07, 6.45) is 2.84. The van der Waals surface area contributed by atoms with Crippen LogP contribution >= 0.6 is 27.5 Å². The molecule has 21 heavy (non-hydrogen) atoms. The average Bonchev–Trinajstić information content (AvgIpc) is 2.49. The highest BCUT2D eigenvalue weighted by atomic mass is 79.9. The first kappa shape index (κ1) is 15.9. The van der Waals surface area contributed by atoms with Crippen LogP contribution in [0, 0.1) is 0 Å². The van der Waals surface area contributed by atoms with Gasteiger partial charge < -0.3 is 11.1 Å². The van der Waals surface area contributed by atoms with E-state index in [1.165, 1.54) is 6.20 Å². The number of amides is 1. The molecule has 0 radical (unpaired) electrons. The summed E-state index contributed by atoms with van der Waals surface area (Å²) in [4.78, 5) is 16.0. The molecule has 0 saturated heterocycles. The van der Waals surface area contributed by atoms with Crippen molar-refractivity contribution in [2.75, 3.05) is 5.32 Å². The van der Waals surface area contributed by atoms with E-state index in [1.807, 2.05) is 30.3 Å². The normalized spacial score (nSPS) is 12.0. The van der Waals surface area contributed by atoms with Gasteiger partial charge in [0.1, 0.15) is 5.15 Å². The van der Waals surface area contributed by atoms with Crippen molar-refractivity contribution in [3.63, 3.8) is 0 Å². The van der Waals surface area contributed by atoms with Crippen molar-refractivity contribution >= 4 is 39.1 Å². The van der Waals surface area contributed by atoms with Crippen molar-refractivity contribution in [1.29, 1.82) is 0 Å². The highest BCUT2D eigenvalue weighted by Crippen LogP contribution is 2.22. The van der Waals surface area contributed by atoms with Crippen LogP contribution in [0.25, 0.3) is 0 Å². The van der Waals surface area contributed by atoms with E-state index in [2.05, 4.69) is 26.2 Å². The third kappa shape index (κ3) is 4.81. The molecule has 0 aliphatic carbocycles. The standard InChI is InChI=1S/C15H15BrClN3O/c16-12-8-11(9-19-14(12)17)20-15(21)13(18)7-6-10-4-2-1-3-5-10/h1-5,8-9,13H,6-7,18H2,(H,20,21). The van der Waals surface area contributed by atoms with Gasteiger partial charge in [-0.15, -0.1) is 0 Å². The topological polar surface area (TPSA) is 68.0 Å². The van der Waals surface area contributed by atoms with Gasteiger partial charge in [-0.25, -0.2) is 4.98 Å². The van der Waals surface area contributed by atoms with Gasteiger partial charge in [-0.1, -0.05) is 41.9 Å². The van der Waals surface area contributed by atoms with Crippen molar-refractivity contribution in [2.45, 2.75) is 18.9 Å². The van der Waals surface area contributed by atoms with E-state index < -0.39 is 6.04 Å². The zero-order chi connectivity index (χ0) is 15.2. The van der Waals surface area contributed by atoms with E-state index in [-0.39, 0.29) is 5.91 Å². The average molecular weight is 369 g/mol. The van der Waals surface area contributed by atoms with Crippen LogP contribution in [0.3, 0.4) is 0 Å². The molecule has 2 rings (SSSR count). The molecule has 6 heteroatoms. The third-order valence-corrected chi connectivity index (χ3v) is 4.12. The quantitative estimate of drug-likeness (QED) is 0.795. The van der Waals surface area contributed by atoms with Gasteiger partial charge in [-0.05, 0) is 40.4 Å². The smallest absolute Gasteiger partial charge is 0.241 e. The van der Waals surface area contributed by atoms with E-state index in [0.29, 0.717) is 21.7 Å². The lowest BCUT2D eigenvalue weighted by atomic mass is 10.1. The minimum atomic E-state index is -0.570. The number of aryl methyl sites for hydroxylation is 1. The summed E-state index contributed by atoms with van der Waals surface area (Å²) in [5.41, 5.74) is 7.64. The van der Waals surface area contributed by atoms with Gasteiger partial charge in [0.15, 0.2) is 0 Å². The molecule has 1 aromatic heterocycles. The zero-order valence-electron chi connectivity index (χ0n) is 11.2. The van der Waals surface area contributed by atoms with Gasteiger partial charge in [0.2, 0.25) is 5.91 Å². The molecule has 1 aromatic carbocycles. The second-order valence-electron chi connectivity index (χ2n) is 4.62. The number of pyridine rings is 1. The number of nitrogens with two attached hydrogens (primary N) is 1. The Morgan fingerprint density at radius 2 is 2.10 bits per heavy atom. The number of anilines is 1. The molecule has 1 amide bonds. The minimum Gasteiger partial charge on any atom is -0.323 e. The summed E-state index contributed by atoms with van der Waals surface area (Å²) in [5.74, 6) is -0.234. The predicted octanol–water partition coefficient (Wildman–Crippen LogP) is 3.40. The molecule has 1 unspecified atom stereocenters. The Kier molecular flexibility index (Phi) is 5.73. The first-order valence-electron chi connectivity index (χ1n) is 6.47. The molecule has 2 aromatic rings. The Morgan fingerprint density at radius 1 is 1.38 bits per heavy atom. The molecule has 0 bridgehead atoms. The second-order valence-corrected chi connectivity index (χ2v) is 5.83. The number of benzene rings is 1. The van der Waals surface area contributed by atoms with Gasteiger partial charge in [0.05, 0.1) is 22.4 Å². The molecular weight excluding hydrogens is 354 g/mol. The van der Waals surface area contributed by atoms with Crippen LogP contribution in [-0.4, -0.2) is 16.9 Å². The summed E-state index contributed by atoms with van der Waals surface area (Å²) in [6, 6.07) is 11.1. The van der Waals surface area contributed by atoms with Crippen LogP contribution in [0.2, 0.25) is 5.15 Å². The molecule has 1 heterocycles. The van der Waals surface area contributed by atoms with Gasteiger partial charge in [-0.3, -0.25) is 4.79 Å². The maximum atomic E-state index is 12.0. The van der Waals surface area contributed by atoms with Gasteiger partial charge in [-0.2, -0.15) is 0 Å². The van der Waals surface area contributed by atoms with E-state index in [9.17, 15) is 4.79 Å². The number of hydrogen-bond donors (Lipinski definition) is 2. The molecule has 1 atom stereocenters. The Labute approximate surface area is 136 Å². The fourth-order valence-corrected chi connectivity index (χ4v) is 2.27.